The number of nitrogens with one attached hydrogen (secondary N) is 1. The number of hydrogen-bond donors (Lipinski definition) is 1. The summed E-state index contributed by atoms with van der Waals surface area (Å²) >= 11 is 5.91. The first kappa shape index (κ1) is 16.3. The van der Waals surface area contributed by atoms with Crippen LogP contribution < -0.4 is 11.1 Å². The zero-order chi connectivity index (χ0) is 16.9. The van der Waals surface area contributed by atoms with Crippen LogP contribution in [-0.2, 0) is 17.9 Å². The molecule has 0 aliphatic rings. The normalized spacial score (nSPS) is 10.9. The number of hydrogen-bond acceptors (Lipinski definition) is 3. The molecular weight excluding hydrogens is 328 g/mol. The fourth-order valence-electron chi connectivity index (χ4n) is 2.56. The van der Waals surface area contributed by atoms with Crippen molar-refractivity contribution in [1.29, 1.82) is 0 Å². The molecule has 0 saturated heterocycles. The van der Waals surface area contributed by atoms with E-state index in [2.05, 4.69) is 5.32 Å². The van der Waals surface area contributed by atoms with Crippen LogP contribution in [0.15, 0.2) is 57.7 Å². The standard InChI is InChI=1S/C18H17ClN2O3/c19-14-6-3-5-13(11-14)12-20-17(22)9-4-10-21-15-7-1-2-8-16(15)24-18(21)23/h1-3,5-8,11H,4,9-10,12H2,(H,20,22). The van der Waals surface area contributed by atoms with E-state index in [1.165, 1.54) is 0 Å². The molecule has 3 aromatic rings. The summed E-state index contributed by atoms with van der Waals surface area (Å²) in [6.45, 7) is 0.883. The van der Waals surface area contributed by atoms with E-state index in [4.69, 9.17) is 16.0 Å². The van der Waals surface area contributed by atoms with E-state index in [0.717, 1.165) is 11.1 Å². The maximum absolute atomic E-state index is 11.9. The van der Waals surface area contributed by atoms with Crippen molar-refractivity contribution in [2.45, 2.75) is 25.9 Å². The van der Waals surface area contributed by atoms with Crippen molar-refractivity contribution in [3.63, 3.8) is 0 Å². The van der Waals surface area contributed by atoms with Gasteiger partial charge in [-0.25, -0.2) is 4.79 Å². The summed E-state index contributed by atoms with van der Waals surface area (Å²) in [7, 11) is 0. The molecule has 0 aliphatic carbocycles. The molecule has 3 rings (SSSR count). The number of aryl methyl sites for hydroxylation is 1. The number of oxazole rings is 1. The van der Waals surface area contributed by atoms with Crippen molar-refractivity contribution in [3.8, 4) is 0 Å². The average molecular weight is 345 g/mol. The molecular formula is C18H17ClN2O3. The van der Waals surface area contributed by atoms with Crippen molar-refractivity contribution in [2.24, 2.45) is 0 Å². The van der Waals surface area contributed by atoms with Gasteiger partial charge in [0.2, 0.25) is 5.91 Å². The van der Waals surface area contributed by atoms with Gasteiger partial charge in [-0.3, -0.25) is 9.36 Å². The highest BCUT2D eigenvalue weighted by Gasteiger charge is 2.09. The van der Waals surface area contributed by atoms with Crippen LogP contribution in [0.2, 0.25) is 5.02 Å². The van der Waals surface area contributed by atoms with E-state index in [9.17, 15) is 9.59 Å². The van der Waals surface area contributed by atoms with Gasteiger partial charge in [0, 0.05) is 24.5 Å². The van der Waals surface area contributed by atoms with Crippen LogP contribution in [0.25, 0.3) is 11.1 Å². The lowest BCUT2D eigenvalue weighted by Crippen LogP contribution is -2.23. The first-order valence-electron chi connectivity index (χ1n) is 7.73. The molecule has 0 unspecified atom stereocenters. The van der Waals surface area contributed by atoms with Gasteiger partial charge < -0.3 is 9.73 Å². The molecule has 6 heteroatoms. The van der Waals surface area contributed by atoms with E-state index in [-0.39, 0.29) is 5.91 Å². The van der Waals surface area contributed by atoms with Crippen LogP contribution in [0.4, 0.5) is 0 Å². The molecule has 2 aromatic carbocycles. The summed E-state index contributed by atoms with van der Waals surface area (Å²) in [6.07, 6.45) is 0.900. The number of nitrogens with zero attached hydrogens (tertiary/aromatic N) is 1. The minimum Gasteiger partial charge on any atom is -0.408 e. The smallest absolute Gasteiger partial charge is 0.408 e. The van der Waals surface area contributed by atoms with Crippen molar-refractivity contribution in [2.75, 3.05) is 0 Å². The van der Waals surface area contributed by atoms with Crippen LogP contribution in [0.5, 0.6) is 0 Å². The highest BCUT2D eigenvalue weighted by Crippen LogP contribution is 2.13. The van der Waals surface area contributed by atoms with Crippen LogP contribution in [0.3, 0.4) is 0 Å². The van der Waals surface area contributed by atoms with Crippen molar-refractivity contribution < 1.29 is 9.21 Å². The number of carbonyl (C=O) groups is 1. The molecule has 0 fully saturated rings. The zero-order valence-electron chi connectivity index (χ0n) is 13.0. The van der Waals surface area contributed by atoms with Crippen LogP contribution in [0, 0.1) is 0 Å². The molecule has 1 N–H and O–H groups in total. The Balaban J connectivity index is 1.51. The lowest BCUT2D eigenvalue weighted by molar-refractivity contribution is -0.121. The first-order valence-corrected chi connectivity index (χ1v) is 8.11. The van der Waals surface area contributed by atoms with Gasteiger partial charge in [-0.2, -0.15) is 0 Å². The van der Waals surface area contributed by atoms with Crippen LogP contribution in [0.1, 0.15) is 18.4 Å². The third-order valence-electron chi connectivity index (χ3n) is 3.74. The lowest BCUT2D eigenvalue weighted by Gasteiger charge is -2.06. The zero-order valence-corrected chi connectivity index (χ0v) is 13.8. The van der Waals surface area contributed by atoms with Gasteiger partial charge in [-0.15, -0.1) is 0 Å². The van der Waals surface area contributed by atoms with E-state index in [1.807, 2.05) is 36.4 Å². The topological polar surface area (TPSA) is 64.2 Å². The van der Waals surface area contributed by atoms with Gasteiger partial charge in [0.15, 0.2) is 5.58 Å². The Kier molecular flexibility index (Phi) is 5.01. The maximum atomic E-state index is 11.9. The van der Waals surface area contributed by atoms with E-state index in [1.54, 1.807) is 16.7 Å². The second kappa shape index (κ2) is 7.36. The molecule has 1 heterocycles. The lowest BCUT2D eigenvalue weighted by atomic mass is 10.2. The van der Waals surface area contributed by atoms with Crippen LogP contribution >= 0.6 is 11.6 Å². The number of fused-ring (bicyclic) bond motifs is 1. The minimum atomic E-state index is -0.393. The summed E-state index contributed by atoms with van der Waals surface area (Å²) in [5.74, 6) is -0.452. The molecule has 0 radical (unpaired) electrons. The molecule has 0 spiro atoms. The van der Waals surface area contributed by atoms with Gasteiger partial charge >= 0.3 is 5.76 Å². The first-order chi connectivity index (χ1) is 11.6. The van der Waals surface area contributed by atoms with Crippen molar-refractivity contribution in [3.05, 3.63) is 69.7 Å². The van der Waals surface area contributed by atoms with Gasteiger partial charge in [0.05, 0.1) is 5.52 Å². The highest BCUT2D eigenvalue weighted by molar-refractivity contribution is 6.30. The molecule has 0 aliphatic heterocycles. The molecule has 5 nitrogen and oxygen atoms in total. The van der Waals surface area contributed by atoms with Crippen LogP contribution in [-0.4, -0.2) is 10.5 Å². The number of benzene rings is 2. The largest absolute Gasteiger partial charge is 0.419 e. The second-order valence-corrected chi connectivity index (χ2v) is 5.93. The average Bonchev–Trinajstić information content (AvgIpc) is 2.89. The van der Waals surface area contributed by atoms with Gasteiger partial charge in [-0.1, -0.05) is 35.9 Å². The third kappa shape index (κ3) is 3.86. The molecule has 1 amide bonds. The van der Waals surface area contributed by atoms with Gasteiger partial charge in [0.25, 0.3) is 0 Å². The number of amides is 1. The molecule has 0 atom stereocenters. The molecule has 0 bridgehead atoms. The Bertz CT molecular complexity index is 914. The fourth-order valence-corrected chi connectivity index (χ4v) is 2.77. The maximum Gasteiger partial charge on any atom is 0.419 e. The number of para-hydroxylation sites is 2. The predicted molar refractivity (Wildman–Crippen MR) is 93.0 cm³/mol. The van der Waals surface area contributed by atoms with Gasteiger partial charge in [-0.05, 0) is 36.2 Å². The third-order valence-corrected chi connectivity index (χ3v) is 3.97. The monoisotopic (exact) mass is 344 g/mol. The molecule has 124 valence electrons. The number of halogens is 1. The SMILES string of the molecule is O=C(CCCn1c(=O)oc2ccccc21)NCc1cccc(Cl)c1. The Morgan fingerprint density at radius 3 is 2.83 bits per heavy atom. The molecule has 0 saturated carbocycles. The Morgan fingerprint density at radius 1 is 1.17 bits per heavy atom. The fraction of sp³-hybridized carbons (Fsp3) is 0.222. The van der Waals surface area contributed by atoms with E-state index in [0.29, 0.717) is 36.5 Å². The highest BCUT2D eigenvalue weighted by atomic mass is 35.5. The van der Waals surface area contributed by atoms with E-state index >= 15 is 0 Å². The minimum absolute atomic E-state index is 0.0594. The predicted octanol–water partition coefficient (Wildman–Crippen LogP) is 3.34. The second-order valence-electron chi connectivity index (χ2n) is 5.50. The Morgan fingerprint density at radius 2 is 2.00 bits per heavy atom. The summed E-state index contributed by atoms with van der Waals surface area (Å²) in [5.41, 5.74) is 2.27. The summed E-state index contributed by atoms with van der Waals surface area (Å²) in [5, 5.41) is 3.50. The molecule has 1 aromatic heterocycles. The summed E-state index contributed by atoms with van der Waals surface area (Å²) in [4.78, 5) is 23.8. The number of aromatic nitrogens is 1. The number of rotatable bonds is 6. The summed E-state index contributed by atoms with van der Waals surface area (Å²) < 4.78 is 6.72. The molecule has 24 heavy (non-hydrogen) atoms. The van der Waals surface area contributed by atoms with Crippen molar-refractivity contribution in [1.82, 2.24) is 9.88 Å². The Labute approximate surface area is 143 Å². The van der Waals surface area contributed by atoms with E-state index < -0.39 is 5.76 Å². The van der Waals surface area contributed by atoms with Gasteiger partial charge in [0.1, 0.15) is 0 Å². The Hall–Kier alpha value is -2.53. The summed E-state index contributed by atoms with van der Waals surface area (Å²) in [6, 6.07) is 14.6. The van der Waals surface area contributed by atoms with Crippen molar-refractivity contribution >= 4 is 28.6 Å². The quantitative estimate of drug-likeness (QED) is 0.745. The number of carbonyl (C=O) groups excluding carboxylic acids is 1.